The monoisotopic (exact) mass is 375 g/mol. The Morgan fingerprint density at radius 1 is 1.38 bits per heavy atom. The summed E-state index contributed by atoms with van der Waals surface area (Å²) in [6.45, 7) is 2.58. The summed E-state index contributed by atoms with van der Waals surface area (Å²) in [5, 5.41) is 22.3. The van der Waals surface area contributed by atoms with E-state index in [0.717, 1.165) is 0 Å². The van der Waals surface area contributed by atoms with Gasteiger partial charge in [0.2, 0.25) is 0 Å². The molecule has 2 heterocycles. The van der Waals surface area contributed by atoms with Gasteiger partial charge < -0.3 is 10.0 Å². The molecule has 1 amide bonds. The number of amides is 1. The van der Waals surface area contributed by atoms with Crippen LogP contribution in [0.1, 0.15) is 23.8 Å². The molecule has 1 aromatic carbocycles. The molecule has 1 aliphatic heterocycles. The number of rotatable bonds is 4. The number of nitro benzene ring substituents is 1. The van der Waals surface area contributed by atoms with Crippen LogP contribution in [0.2, 0.25) is 0 Å². The maximum atomic E-state index is 12.7. The Morgan fingerprint density at radius 3 is 2.85 bits per heavy atom. The normalized spacial score (nSPS) is 20.0. The number of non-ortho nitro benzene ring substituents is 1. The molecule has 0 bridgehead atoms. The van der Waals surface area contributed by atoms with E-state index >= 15 is 0 Å². The predicted octanol–water partition coefficient (Wildman–Crippen LogP) is 2.90. The molecule has 8 nitrogen and oxygen atoms in total. The first-order valence-electron chi connectivity index (χ1n) is 8.07. The van der Waals surface area contributed by atoms with Gasteiger partial charge >= 0.3 is 5.97 Å². The number of carboxylic acid groups (broad SMARTS) is 1. The molecule has 0 saturated carbocycles. The highest BCUT2D eigenvalue weighted by molar-refractivity contribution is 7.13. The van der Waals surface area contributed by atoms with E-state index < -0.39 is 16.8 Å². The molecular weight excluding hydrogens is 358 g/mol. The van der Waals surface area contributed by atoms with Crippen LogP contribution in [-0.4, -0.2) is 44.9 Å². The quantitative estimate of drug-likeness (QED) is 0.649. The van der Waals surface area contributed by atoms with E-state index in [2.05, 4.69) is 4.98 Å². The first-order chi connectivity index (χ1) is 12.3. The number of carbonyl (C=O) groups is 2. The van der Waals surface area contributed by atoms with E-state index in [4.69, 9.17) is 0 Å². The summed E-state index contributed by atoms with van der Waals surface area (Å²) in [6, 6.07) is 6.07. The van der Waals surface area contributed by atoms with E-state index in [9.17, 15) is 24.8 Å². The molecule has 1 aliphatic rings. The van der Waals surface area contributed by atoms with E-state index in [1.165, 1.54) is 28.4 Å². The van der Waals surface area contributed by atoms with Crippen molar-refractivity contribution in [3.8, 4) is 10.6 Å². The number of nitrogens with zero attached hydrogens (tertiary/aromatic N) is 3. The Bertz CT molecular complexity index is 866. The number of carboxylic acids is 1. The van der Waals surface area contributed by atoms with Crippen molar-refractivity contribution >= 4 is 28.9 Å². The number of thiazole rings is 1. The lowest BCUT2D eigenvalue weighted by Gasteiger charge is -2.34. The Labute approximate surface area is 153 Å². The van der Waals surface area contributed by atoms with Gasteiger partial charge in [-0.3, -0.25) is 19.7 Å². The summed E-state index contributed by atoms with van der Waals surface area (Å²) in [6.07, 6.45) is 0.551. The third-order valence-electron chi connectivity index (χ3n) is 4.32. The lowest BCUT2D eigenvalue weighted by molar-refractivity contribution is -0.384. The largest absolute Gasteiger partial charge is 0.481 e. The molecule has 136 valence electrons. The topological polar surface area (TPSA) is 114 Å². The SMILES string of the molecule is CC1CC(C(=O)O)CN(C(=O)c2csc(-c3cccc([N+](=O)[O-])c3)n2)C1. The van der Waals surface area contributed by atoms with Crippen molar-refractivity contribution in [3.05, 3.63) is 45.5 Å². The van der Waals surface area contributed by atoms with Crippen molar-refractivity contribution in [2.45, 2.75) is 13.3 Å². The summed E-state index contributed by atoms with van der Waals surface area (Å²) in [4.78, 5) is 40.2. The zero-order valence-corrected chi connectivity index (χ0v) is 14.8. The zero-order valence-electron chi connectivity index (χ0n) is 14.0. The maximum absolute atomic E-state index is 12.7. The Hall–Kier alpha value is -2.81. The van der Waals surface area contributed by atoms with Crippen molar-refractivity contribution in [3.63, 3.8) is 0 Å². The van der Waals surface area contributed by atoms with Gasteiger partial charge in [-0.25, -0.2) is 4.98 Å². The predicted molar refractivity (Wildman–Crippen MR) is 95.0 cm³/mol. The van der Waals surface area contributed by atoms with Crippen LogP contribution in [0.3, 0.4) is 0 Å². The highest BCUT2D eigenvalue weighted by atomic mass is 32.1. The number of aliphatic carboxylic acids is 1. The van der Waals surface area contributed by atoms with Crippen LogP contribution < -0.4 is 0 Å². The van der Waals surface area contributed by atoms with Crippen molar-refractivity contribution in [1.29, 1.82) is 0 Å². The van der Waals surface area contributed by atoms with Gasteiger partial charge in [0.1, 0.15) is 10.7 Å². The second-order valence-corrected chi connectivity index (χ2v) is 7.29. The second kappa shape index (κ2) is 7.20. The molecule has 3 rings (SSSR count). The molecule has 0 aliphatic carbocycles. The number of hydrogen-bond donors (Lipinski definition) is 1. The third-order valence-corrected chi connectivity index (χ3v) is 5.21. The minimum atomic E-state index is -0.898. The fourth-order valence-corrected chi connectivity index (χ4v) is 3.91. The first kappa shape index (κ1) is 18.0. The van der Waals surface area contributed by atoms with E-state index in [1.807, 2.05) is 6.92 Å². The van der Waals surface area contributed by atoms with Crippen LogP contribution in [0.5, 0.6) is 0 Å². The first-order valence-corrected chi connectivity index (χ1v) is 8.95. The van der Waals surface area contributed by atoms with Crippen molar-refractivity contribution in [2.75, 3.05) is 13.1 Å². The molecule has 2 atom stereocenters. The number of aromatic nitrogens is 1. The lowest BCUT2D eigenvalue weighted by Crippen LogP contribution is -2.45. The molecule has 2 aromatic rings. The smallest absolute Gasteiger partial charge is 0.308 e. The van der Waals surface area contributed by atoms with Crippen molar-refractivity contribution in [1.82, 2.24) is 9.88 Å². The molecular formula is C17H17N3O5S. The van der Waals surface area contributed by atoms with Gasteiger partial charge in [0.15, 0.2) is 0 Å². The molecule has 1 fully saturated rings. The van der Waals surface area contributed by atoms with E-state index in [-0.39, 0.29) is 29.8 Å². The standard InChI is InChI=1S/C17H17N3O5S/c1-10-5-12(17(22)23)8-19(7-10)16(21)14-9-26-15(18-14)11-3-2-4-13(6-11)20(24)25/h2-4,6,9-10,12H,5,7-8H2,1H3,(H,22,23). The van der Waals surface area contributed by atoms with Gasteiger partial charge in [-0.05, 0) is 12.3 Å². The summed E-state index contributed by atoms with van der Waals surface area (Å²) >= 11 is 1.23. The van der Waals surface area contributed by atoms with Gasteiger partial charge in [-0.2, -0.15) is 0 Å². The number of piperidine rings is 1. The van der Waals surface area contributed by atoms with Gasteiger partial charge in [-0.1, -0.05) is 19.1 Å². The number of likely N-dealkylation sites (tertiary alicyclic amines) is 1. The highest BCUT2D eigenvalue weighted by Crippen LogP contribution is 2.28. The average molecular weight is 375 g/mol. The van der Waals surface area contributed by atoms with E-state index in [0.29, 0.717) is 23.5 Å². The van der Waals surface area contributed by atoms with Gasteiger partial charge in [0.05, 0.1) is 10.8 Å². The highest BCUT2D eigenvalue weighted by Gasteiger charge is 2.33. The average Bonchev–Trinajstić information content (AvgIpc) is 3.10. The molecule has 1 aromatic heterocycles. The summed E-state index contributed by atoms with van der Waals surface area (Å²) in [5.74, 6) is -1.68. The number of nitro groups is 1. The summed E-state index contributed by atoms with van der Waals surface area (Å²) in [7, 11) is 0. The zero-order chi connectivity index (χ0) is 18.8. The Kier molecular flexibility index (Phi) is 4.99. The fraction of sp³-hybridized carbons (Fsp3) is 0.353. The van der Waals surface area contributed by atoms with Crippen LogP contribution in [0.25, 0.3) is 10.6 Å². The van der Waals surface area contributed by atoms with Crippen LogP contribution in [0.4, 0.5) is 5.69 Å². The Morgan fingerprint density at radius 2 is 2.15 bits per heavy atom. The molecule has 26 heavy (non-hydrogen) atoms. The van der Waals surface area contributed by atoms with Crippen LogP contribution in [0, 0.1) is 22.0 Å². The molecule has 0 radical (unpaired) electrons. The van der Waals surface area contributed by atoms with Crippen LogP contribution in [0.15, 0.2) is 29.6 Å². The van der Waals surface area contributed by atoms with Crippen molar-refractivity contribution < 1.29 is 19.6 Å². The third kappa shape index (κ3) is 3.72. The minimum absolute atomic E-state index is 0.0419. The van der Waals surface area contributed by atoms with Crippen LogP contribution >= 0.6 is 11.3 Å². The van der Waals surface area contributed by atoms with Crippen molar-refractivity contribution in [2.24, 2.45) is 11.8 Å². The van der Waals surface area contributed by atoms with Crippen LogP contribution in [-0.2, 0) is 4.79 Å². The number of hydrogen-bond acceptors (Lipinski definition) is 6. The molecule has 9 heteroatoms. The van der Waals surface area contributed by atoms with Gasteiger partial charge in [-0.15, -0.1) is 11.3 Å². The Balaban J connectivity index is 1.81. The number of carbonyl (C=O) groups excluding carboxylic acids is 1. The lowest BCUT2D eigenvalue weighted by atomic mass is 9.90. The molecule has 2 unspecified atom stereocenters. The summed E-state index contributed by atoms with van der Waals surface area (Å²) < 4.78 is 0. The second-order valence-electron chi connectivity index (χ2n) is 6.43. The van der Waals surface area contributed by atoms with Gasteiger partial charge in [0.25, 0.3) is 11.6 Å². The van der Waals surface area contributed by atoms with Gasteiger partial charge in [0, 0.05) is 36.2 Å². The fourth-order valence-electron chi connectivity index (χ4n) is 3.12. The number of benzene rings is 1. The molecule has 0 spiro atoms. The molecule has 1 saturated heterocycles. The summed E-state index contributed by atoms with van der Waals surface area (Å²) in [5.41, 5.74) is 0.758. The maximum Gasteiger partial charge on any atom is 0.308 e. The van der Waals surface area contributed by atoms with E-state index in [1.54, 1.807) is 17.5 Å². The molecule has 1 N–H and O–H groups in total. The minimum Gasteiger partial charge on any atom is -0.481 e.